The van der Waals surface area contributed by atoms with E-state index in [1.807, 2.05) is 13.8 Å². The molecule has 2 rings (SSSR count). The summed E-state index contributed by atoms with van der Waals surface area (Å²) in [6, 6.07) is 4.45. The Labute approximate surface area is 131 Å². The molecule has 0 aliphatic heterocycles. The van der Waals surface area contributed by atoms with Gasteiger partial charge in [0.25, 0.3) is 5.91 Å². The molecule has 0 saturated carbocycles. The van der Waals surface area contributed by atoms with Crippen LogP contribution in [0.25, 0.3) is 0 Å². The van der Waals surface area contributed by atoms with Crippen LogP contribution in [0.3, 0.4) is 0 Å². The van der Waals surface area contributed by atoms with Crippen molar-refractivity contribution in [3.63, 3.8) is 0 Å². The Morgan fingerprint density at radius 3 is 2.45 bits per heavy atom. The summed E-state index contributed by atoms with van der Waals surface area (Å²) in [5, 5.41) is 7.56. The Balaban J connectivity index is 2.06. The molecule has 7 heteroatoms. The van der Waals surface area contributed by atoms with Crippen molar-refractivity contribution in [1.82, 2.24) is 10.3 Å². The predicted molar refractivity (Wildman–Crippen MR) is 83.2 cm³/mol. The number of thiazole rings is 1. The van der Waals surface area contributed by atoms with E-state index in [1.165, 1.54) is 35.6 Å². The molecular formula is C15H16FN3O2S. The normalized spacial score (nSPS) is 12.0. The van der Waals surface area contributed by atoms with Crippen molar-refractivity contribution in [2.45, 2.75) is 19.9 Å². The molecule has 5 nitrogen and oxygen atoms in total. The predicted octanol–water partition coefficient (Wildman–Crippen LogP) is 2.68. The van der Waals surface area contributed by atoms with Gasteiger partial charge in [-0.1, -0.05) is 13.8 Å². The second-order valence-electron chi connectivity index (χ2n) is 5.03. The highest BCUT2D eigenvalue weighted by atomic mass is 32.1. The van der Waals surface area contributed by atoms with Gasteiger partial charge in [0.1, 0.15) is 11.9 Å². The number of amides is 2. The van der Waals surface area contributed by atoms with Gasteiger partial charge in [-0.25, -0.2) is 9.37 Å². The summed E-state index contributed by atoms with van der Waals surface area (Å²) in [7, 11) is 0. The molecule has 0 fully saturated rings. The summed E-state index contributed by atoms with van der Waals surface area (Å²) in [5.41, 5.74) is 0.300. The van der Waals surface area contributed by atoms with E-state index in [9.17, 15) is 14.0 Å². The van der Waals surface area contributed by atoms with E-state index in [0.29, 0.717) is 10.7 Å². The van der Waals surface area contributed by atoms with Gasteiger partial charge in [0, 0.05) is 17.1 Å². The summed E-state index contributed by atoms with van der Waals surface area (Å²) in [4.78, 5) is 28.4. The van der Waals surface area contributed by atoms with Gasteiger partial charge in [-0.2, -0.15) is 0 Å². The van der Waals surface area contributed by atoms with Crippen molar-refractivity contribution in [3.05, 3.63) is 47.2 Å². The third-order valence-corrected chi connectivity index (χ3v) is 3.69. The Morgan fingerprint density at radius 1 is 1.23 bits per heavy atom. The number of carbonyl (C=O) groups excluding carboxylic acids is 2. The smallest absolute Gasteiger partial charge is 0.251 e. The second kappa shape index (κ2) is 7.13. The van der Waals surface area contributed by atoms with Gasteiger partial charge in [0.2, 0.25) is 5.91 Å². The molecule has 22 heavy (non-hydrogen) atoms. The van der Waals surface area contributed by atoms with Crippen molar-refractivity contribution in [2.75, 3.05) is 5.32 Å². The number of benzene rings is 1. The molecule has 1 aromatic carbocycles. The number of aromatic nitrogens is 1. The van der Waals surface area contributed by atoms with Crippen molar-refractivity contribution < 1.29 is 14.0 Å². The zero-order valence-corrected chi connectivity index (χ0v) is 13.0. The third kappa shape index (κ3) is 4.11. The first kappa shape index (κ1) is 16.1. The third-order valence-electron chi connectivity index (χ3n) is 3.00. The summed E-state index contributed by atoms with van der Waals surface area (Å²) in [5.74, 6) is -1.28. The van der Waals surface area contributed by atoms with E-state index in [0.717, 1.165) is 0 Å². The minimum atomic E-state index is -0.707. The van der Waals surface area contributed by atoms with E-state index in [1.54, 1.807) is 11.6 Å². The fourth-order valence-corrected chi connectivity index (χ4v) is 2.36. The summed E-state index contributed by atoms with van der Waals surface area (Å²) in [6.07, 6.45) is 1.59. The Hall–Kier alpha value is -2.28. The number of rotatable bonds is 5. The number of nitrogens with one attached hydrogen (secondary N) is 2. The van der Waals surface area contributed by atoms with Crippen LogP contribution < -0.4 is 10.6 Å². The van der Waals surface area contributed by atoms with Gasteiger partial charge >= 0.3 is 0 Å². The molecule has 0 spiro atoms. The molecule has 0 saturated heterocycles. The van der Waals surface area contributed by atoms with Crippen molar-refractivity contribution in [3.8, 4) is 0 Å². The van der Waals surface area contributed by atoms with E-state index in [2.05, 4.69) is 15.6 Å². The van der Waals surface area contributed by atoms with E-state index in [4.69, 9.17) is 0 Å². The zero-order chi connectivity index (χ0) is 16.1. The molecule has 2 amide bonds. The molecular weight excluding hydrogens is 305 g/mol. The quantitative estimate of drug-likeness (QED) is 0.889. The van der Waals surface area contributed by atoms with Crippen LogP contribution in [0.2, 0.25) is 0 Å². The van der Waals surface area contributed by atoms with Gasteiger partial charge in [-0.05, 0) is 30.2 Å². The molecule has 0 radical (unpaired) electrons. The average Bonchev–Trinajstić information content (AvgIpc) is 2.97. The standard InChI is InChI=1S/C15H16FN3O2S/c1-9(2)12(14(21)19-15-17-7-8-22-15)18-13(20)10-3-5-11(16)6-4-10/h3-9,12H,1-2H3,(H,18,20)(H,17,19,21). The maximum atomic E-state index is 12.9. The van der Waals surface area contributed by atoms with Gasteiger partial charge in [-0.3, -0.25) is 9.59 Å². The average molecular weight is 321 g/mol. The molecule has 2 N–H and O–H groups in total. The van der Waals surface area contributed by atoms with Gasteiger partial charge in [-0.15, -0.1) is 11.3 Å². The topological polar surface area (TPSA) is 71.1 Å². The molecule has 2 aromatic rings. The molecule has 0 bridgehead atoms. The molecule has 1 aromatic heterocycles. The summed E-state index contributed by atoms with van der Waals surface area (Å²) < 4.78 is 12.9. The minimum Gasteiger partial charge on any atom is -0.340 e. The van der Waals surface area contributed by atoms with Gasteiger partial charge < -0.3 is 10.6 Å². The highest BCUT2D eigenvalue weighted by molar-refractivity contribution is 7.13. The van der Waals surface area contributed by atoms with Crippen LogP contribution >= 0.6 is 11.3 Å². The van der Waals surface area contributed by atoms with Crippen LogP contribution in [0, 0.1) is 11.7 Å². The lowest BCUT2D eigenvalue weighted by Crippen LogP contribution is -2.47. The summed E-state index contributed by atoms with van der Waals surface area (Å²) in [6.45, 7) is 3.66. The number of halogens is 1. The van der Waals surface area contributed by atoms with Crippen LogP contribution in [-0.4, -0.2) is 22.8 Å². The Morgan fingerprint density at radius 2 is 1.91 bits per heavy atom. The van der Waals surface area contributed by atoms with Crippen molar-refractivity contribution in [1.29, 1.82) is 0 Å². The van der Waals surface area contributed by atoms with Crippen molar-refractivity contribution >= 4 is 28.3 Å². The second-order valence-corrected chi connectivity index (χ2v) is 5.92. The van der Waals surface area contributed by atoms with Crippen LogP contribution in [0.5, 0.6) is 0 Å². The first-order valence-corrected chi connectivity index (χ1v) is 7.62. The first-order chi connectivity index (χ1) is 10.5. The molecule has 116 valence electrons. The monoisotopic (exact) mass is 321 g/mol. The van der Waals surface area contributed by atoms with Crippen LogP contribution in [0.1, 0.15) is 24.2 Å². The minimum absolute atomic E-state index is 0.107. The van der Waals surface area contributed by atoms with E-state index >= 15 is 0 Å². The lowest BCUT2D eigenvalue weighted by Gasteiger charge is -2.21. The Bertz CT molecular complexity index is 641. The lowest BCUT2D eigenvalue weighted by molar-refractivity contribution is -0.118. The van der Waals surface area contributed by atoms with Gasteiger partial charge in [0.15, 0.2) is 5.13 Å². The number of hydrogen-bond acceptors (Lipinski definition) is 4. The van der Waals surface area contributed by atoms with E-state index < -0.39 is 17.8 Å². The molecule has 1 atom stereocenters. The number of nitrogens with zero attached hydrogens (tertiary/aromatic N) is 1. The molecule has 1 unspecified atom stereocenters. The zero-order valence-electron chi connectivity index (χ0n) is 12.2. The maximum Gasteiger partial charge on any atom is 0.251 e. The van der Waals surface area contributed by atoms with Gasteiger partial charge in [0.05, 0.1) is 0 Å². The highest BCUT2D eigenvalue weighted by Gasteiger charge is 2.25. The number of anilines is 1. The summed E-state index contributed by atoms with van der Waals surface area (Å²) >= 11 is 1.30. The van der Waals surface area contributed by atoms with Crippen LogP contribution in [-0.2, 0) is 4.79 Å². The molecule has 0 aliphatic carbocycles. The maximum absolute atomic E-state index is 12.9. The number of carbonyl (C=O) groups is 2. The molecule has 0 aliphatic rings. The highest BCUT2D eigenvalue weighted by Crippen LogP contribution is 2.13. The van der Waals surface area contributed by atoms with E-state index in [-0.39, 0.29) is 11.8 Å². The first-order valence-electron chi connectivity index (χ1n) is 6.74. The fraction of sp³-hybridized carbons (Fsp3) is 0.267. The fourth-order valence-electron chi connectivity index (χ4n) is 1.83. The van der Waals surface area contributed by atoms with Crippen LogP contribution in [0.4, 0.5) is 9.52 Å². The largest absolute Gasteiger partial charge is 0.340 e. The lowest BCUT2D eigenvalue weighted by atomic mass is 10.0. The SMILES string of the molecule is CC(C)C(NC(=O)c1ccc(F)cc1)C(=O)Nc1nccs1. The van der Waals surface area contributed by atoms with Crippen molar-refractivity contribution in [2.24, 2.45) is 5.92 Å². The Kier molecular flexibility index (Phi) is 5.21. The number of hydrogen-bond donors (Lipinski definition) is 2. The van der Waals surface area contributed by atoms with Crippen LogP contribution in [0.15, 0.2) is 35.8 Å². The molecule has 1 heterocycles.